The monoisotopic (exact) mass is 270 g/mol. The molecule has 2 N–H and O–H groups in total. The molecule has 1 aliphatic rings. The Hall–Kier alpha value is -1.10. The molecule has 1 rings (SSSR count). The first-order chi connectivity index (χ1) is 8.84. The molecule has 0 bridgehead atoms. The van der Waals surface area contributed by atoms with Gasteiger partial charge in [-0.3, -0.25) is 14.5 Å². The number of carbonyl (C=O) groups excluding carboxylic acids is 1. The van der Waals surface area contributed by atoms with Crippen molar-refractivity contribution in [2.45, 2.75) is 59.0 Å². The Bertz CT molecular complexity index is 342. The second-order valence-corrected chi connectivity index (χ2v) is 5.78. The predicted molar refractivity (Wildman–Crippen MR) is 73.9 cm³/mol. The Morgan fingerprint density at radius 3 is 2.37 bits per heavy atom. The van der Waals surface area contributed by atoms with Crippen LogP contribution in [-0.4, -0.2) is 47.1 Å². The van der Waals surface area contributed by atoms with Gasteiger partial charge in [-0.2, -0.15) is 0 Å². The van der Waals surface area contributed by atoms with Crippen molar-refractivity contribution in [1.29, 1.82) is 0 Å². The molecule has 5 nitrogen and oxygen atoms in total. The number of carbonyl (C=O) groups is 2. The minimum absolute atomic E-state index is 0.00309. The number of carboxylic acid groups (broad SMARTS) is 1. The van der Waals surface area contributed by atoms with E-state index in [2.05, 4.69) is 19.2 Å². The molecule has 1 fully saturated rings. The molecule has 19 heavy (non-hydrogen) atoms. The van der Waals surface area contributed by atoms with Crippen molar-refractivity contribution in [2.24, 2.45) is 5.41 Å². The fourth-order valence-electron chi connectivity index (χ4n) is 2.48. The van der Waals surface area contributed by atoms with Crippen LogP contribution < -0.4 is 5.32 Å². The van der Waals surface area contributed by atoms with Crippen LogP contribution in [0.3, 0.4) is 0 Å². The highest BCUT2D eigenvalue weighted by atomic mass is 16.4. The second-order valence-electron chi connectivity index (χ2n) is 5.78. The molecule has 2 atom stereocenters. The van der Waals surface area contributed by atoms with Crippen molar-refractivity contribution in [2.75, 3.05) is 13.1 Å². The van der Waals surface area contributed by atoms with Gasteiger partial charge >= 0.3 is 5.97 Å². The average molecular weight is 270 g/mol. The van der Waals surface area contributed by atoms with Crippen molar-refractivity contribution in [3.63, 3.8) is 0 Å². The van der Waals surface area contributed by atoms with E-state index in [0.717, 1.165) is 12.8 Å². The summed E-state index contributed by atoms with van der Waals surface area (Å²) in [5.41, 5.74) is -0.719. The first-order valence-corrected chi connectivity index (χ1v) is 7.12. The smallest absolute Gasteiger partial charge is 0.310 e. The van der Waals surface area contributed by atoms with E-state index < -0.39 is 11.4 Å². The van der Waals surface area contributed by atoms with Gasteiger partial charge < -0.3 is 10.4 Å². The normalized spacial score (nSPS) is 25.5. The lowest BCUT2D eigenvalue weighted by molar-refractivity contribution is -0.147. The Morgan fingerprint density at radius 2 is 1.95 bits per heavy atom. The Balaban J connectivity index is 2.57. The summed E-state index contributed by atoms with van der Waals surface area (Å²) in [5.74, 6) is -0.772. The van der Waals surface area contributed by atoms with Gasteiger partial charge in [-0.1, -0.05) is 13.8 Å². The molecule has 5 heteroatoms. The Labute approximate surface area is 115 Å². The molecular weight excluding hydrogens is 244 g/mol. The maximum atomic E-state index is 12.1. The maximum absolute atomic E-state index is 12.1. The third kappa shape index (κ3) is 3.69. The molecule has 1 saturated heterocycles. The fraction of sp³-hybridized carbons (Fsp3) is 0.857. The van der Waals surface area contributed by atoms with E-state index in [4.69, 9.17) is 0 Å². The zero-order chi connectivity index (χ0) is 14.6. The summed E-state index contributed by atoms with van der Waals surface area (Å²) in [5, 5.41) is 12.2. The van der Waals surface area contributed by atoms with E-state index in [1.807, 2.05) is 11.8 Å². The number of nitrogens with zero attached hydrogens (tertiary/aromatic N) is 1. The van der Waals surface area contributed by atoms with Gasteiger partial charge in [0.1, 0.15) is 0 Å². The van der Waals surface area contributed by atoms with Crippen molar-refractivity contribution in [3.05, 3.63) is 0 Å². The van der Waals surface area contributed by atoms with Gasteiger partial charge in [0.25, 0.3) is 0 Å². The van der Waals surface area contributed by atoms with Crippen LogP contribution in [0.15, 0.2) is 0 Å². The molecular formula is C14H26N2O3. The van der Waals surface area contributed by atoms with Crippen LogP contribution in [-0.2, 0) is 9.59 Å². The summed E-state index contributed by atoms with van der Waals surface area (Å²) in [7, 11) is 0. The van der Waals surface area contributed by atoms with E-state index in [0.29, 0.717) is 19.5 Å². The number of hydrogen-bond donors (Lipinski definition) is 2. The molecule has 0 saturated carbocycles. The largest absolute Gasteiger partial charge is 0.481 e. The second kappa shape index (κ2) is 6.37. The molecule has 2 unspecified atom stereocenters. The van der Waals surface area contributed by atoms with Crippen LogP contribution >= 0.6 is 0 Å². The highest BCUT2D eigenvalue weighted by Gasteiger charge is 2.42. The number of rotatable bonds is 6. The summed E-state index contributed by atoms with van der Waals surface area (Å²) >= 11 is 0. The van der Waals surface area contributed by atoms with Crippen LogP contribution in [0.25, 0.3) is 0 Å². The molecule has 1 heterocycles. The molecule has 0 aliphatic carbocycles. The van der Waals surface area contributed by atoms with Gasteiger partial charge in [-0.15, -0.1) is 0 Å². The third-order valence-electron chi connectivity index (χ3n) is 4.28. The molecule has 0 aromatic carbocycles. The highest BCUT2D eigenvalue weighted by Crippen LogP contribution is 2.31. The van der Waals surface area contributed by atoms with Crippen LogP contribution in [0.5, 0.6) is 0 Å². The average Bonchev–Trinajstić information content (AvgIpc) is 2.78. The summed E-state index contributed by atoms with van der Waals surface area (Å²) in [4.78, 5) is 25.3. The molecule has 0 aromatic rings. The van der Waals surface area contributed by atoms with Crippen molar-refractivity contribution >= 4 is 11.9 Å². The van der Waals surface area contributed by atoms with Gasteiger partial charge in [-0.05, 0) is 33.1 Å². The highest BCUT2D eigenvalue weighted by molar-refractivity contribution is 5.82. The number of carboxylic acids is 1. The van der Waals surface area contributed by atoms with E-state index in [-0.39, 0.29) is 18.0 Å². The zero-order valence-electron chi connectivity index (χ0n) is 12.4. The van der Waals surface area contributed by atoms with Crippen molar-refractivity contribution in [1.82, 2.24) is 10.2 Å². The zero-order valence-corrected chi connectivity index (χ0v) is 12.4. The lowest BCUT2D eigenvalue weighted by atomic mass is 9.90. The number of aliphatic carboxylic acids is 1. The van der Waals surface area contributed by atoms with Crippen LogP contribution in [0.1, 0.15) is 47.0 Å². The number of likely N-dealkylation sites (tertiary alicyclic amines) is 1. The summed E-state index contributed by atoms with van der Waals surface area (Å²) in [6, 6.07) is -0.0508. The molecule has 1 aliphatic heterocycles. The SMILES string of the molecule is CCC(CC)NC(=O)C(C)N1CCC(C)(C(=O)O)C1. The Morgan fingerprint density at radius 1 is 1.37 bits per heavy atom. The fourth-order valence-corrected chi connectivity index (χ4v) is 2.48. The van der Waals surface area contributed by atoms with E-state index >= 15 is 0 Å². The maximum Gasteiger partial charge on any atom is 0.310 e. The van der Waals surface area contributed by atoms with Gasteiger partial charge in [0.15, 0.2) is 0 Å². The van der Waals surface area contributed by atoms with Crippen molar-refractivity contribution < 1.29 is 14.7 Å². The standard InChI is InChI=1S/C14H26N2O3/c1-5-11(6-2)15-12(17)10(3)16-8-7-14(4,9-16)13(18)19/h10-11H,5-9H2,1-4H3,(H,15,17)(H,18,19). The summed E-state index contributed by atoms with van der Waals surface area (Å²) in [6.45, 7) is 8.82. The van der Waals surface area contributed by atoms with Gasteiger partial charge in [0.2, 0.25) is 5.91 Å². The number of hydrogen-bond acceptors (Lipinski definition) is 3. The quantitative estimate of drug-likeness (QED) is 0.767. The van der Waals surface area contributed by atoms with Gasteiger partial charge in [0, 0.05) is 19.1 Å². The summed E-state index contributed by atoms with van der Waals surface area (Å²) in [6.07, 6.45) is 2.44. The number of amides is 1. The third-order valence-corrected chi connectivity index (χ3v) is 4.28. The van der Waals surface area contributed by atoms with E-state index in [1.165, 1.54) is 0 Å². The lowest BCUT2D eigenvalue weighted by Crippen LogP contribution is -2.48. The minimum atomic E-state index is -0.775. The van der Waals surface area contributed by atoms with Crippen molar-refractivity contribution in [3.8, 4) is 0 Å². The van der Waals surface area contributed by atoms with Crippen LogP contribution in [0.4, 0.5) is 0 Å². The van der Waals surface area contributed by atoms with E-state index in [1.54, 1.807) is 6.92 Å². The summed E-state index contributed by atoms with van der Waals surface area (Å²) < 4.78 is 0. The Kier molecular flexibility index (Phi) is 5.35. The topological polar surface area (TPSA) is 69.6 Å². The van der Waals surface area contributed by atoms with Gasteiger partial charge in [0.05, 0.1) is 11.5 Å². The van der Waals surface area contributed by atoms with E-state index in [9.17, 15) is 14.7 Å². The van der Waals surface area contributed by atoms with Crippen LogP contribution in [0, 0.1) is 5.41 Å². The molecule has 0 radical (unpaired) electrons. The van der Waals surface area contributed by atoms with Gasteiger partial charge in [-0.25, -0.2) is 0 Å². The first kappa shape index (κ1) is 16.0. The molecule has 0 spiro atoms. The predicted octanol–water partition coefficient (Wildman–Crippen LogP) is 1.48. The molecule has 110 valence electrons. The molecule has 0 aromatic heterocycles. The van der Waals surface area contributed by atoms with Crippen LogP contribution in [0.2, 0.25) is 0 Å². The minimum Gasteiger partial charge on any atom is -0.481 e. The lowest BCUT2D eigenvalue weighted by Gasteiger charge is -2.27. The number of nitrogens with one attached hydrogen (secondary N) is 1. The first-order valence-electron chi connectivity index (χ1n) is 7.12. The molecule has 1 amide bonds.